The molecule has 4 rings (SSSR count). The lowest BCUT2D eigenvalue weighted by Gasteiger charge is -2.06. The summed E-state index contributed by atoms with van der Waals surface area (Å²) in [6.07, 6.45) is 0. The first kappa shape index (κ1) is 17.9. The van der Waals surface area contributed by atoms with Gasteiger partial charge in [0.1, 0.15) is 11.1 Å². The van der Waals surface area contributed by atoms with Crippen LogP contribution < -0.4 is 16.7 Å². The van der Waals surface area contributed by atoms with E-state index >= 15 is 0 Å². The van der Waals surface area contributed by atoms with Crippen LogP contribution in [-0.4, -0.2) is 11.8 Å². The Labute approximate surface area is 167 Å². The van der Waals surface area contributed by atoms with Gasteiger partial charge in [-0.15, -0.1) is 5.10 Å². The van der Waals surface area contributed by atoms with E-state index in [0.717, 1.165) is 16.2 Å². The zero-order valence-corrected chi connectivity index (χ0v) is 16.1. The highest BCUT2D eigenvalue weighted by Gasteiger charge is 2.13. The Hall–Kier alpha value is -3.45. The van der Waals surface area contributed by atoms with Gasteiger partial charge in [0.15, 0.2) is 0 Å². The Morgan fingerprint density at radius 2 is 1.68 bits per heavy atom. The predicted molar refractivity (Wildman–Crippen MR) is 109 cm³/mol. The van der Waals surface area contributed by atoms with Gasteiger partial charge in [-0.2, -0.15) is 0 Å². The number of nitrogens with one attached hydrogen (secondary N) is 1. The molecular formula is C21H14BrN3O3. The van der Waals surface area contributed by atoms with Crippen molar-refractivity contribution in [1.29, 1.82) is 0 Å². The molecule has 3 aromatic carbocycles. The van der Waals surface area contributed by atoms with Crippen molar-refractivity contribution in [1.82, 2.24) is 5.43 Å². The van der Waals surface area contributed by atoms with Crippen LogP contribution in [0.4, 0.5) is 0 Å². The Balaban J connectivity index is 1.84. The predicted octanol–water partition coefficient (Wildman–Crippen LogP) is 3.69. The van der Waals surface area contributed by atoms with Crippen LogP contribution in [0.25, 0.3) is 21.7 Å². The minimum Gasteiger partial charge on any atom is -0.436 e. The number of fused-ring (bicyclic) bond motifs is 3. The average molecular weight is 436 g/mol. The summed E-state index contributed by atoms with van der Waals surface area (Å²) in [4.78, 5) is 24.3. The summed E-state index contributed by atoms with van der Waals surface area (Å²) in [5, 5.41) is 6.66. The molecule has 0 saturated heterocycles. The summed E-state index contributed by atoms with van der Waals surface area (Å²) >= 11 is 3.32. The molecule has 7 heteroatoms. The number of nitrogens with zero attached hydrogens (tertiary/aromatic N) is 1. The standard InChI is InChI=1S/C21H14BrN3O3/c22-17-8-4-3-7-14(17)20(27)24-25-21-16(19(23)26)11-15-13-6-2-1-5-12(13)9-10-18(15)28-21/h1-11H,(H2,23,26)(H,24,27)/b25-21-. The smallest absolute Gasteiger partial charge is 0.272 e. The molecule has 1 heterocycles. The van der Waals surface area contributed by atoms with E-state index in [1.54, 1.807) is 36.4 Å². The number of halogens is 1. The van der Waals surface area contributed by atoms with E-state index < -0.39 is 11.8 Å². The lowest BCUT2D eigenvalue weighted by atomic mass is 10.0. The number of amides is 2. The van der Waals surface area contributed by atoms with Crippen molar-refractivity contribution in [3.63, 3.8) is 0 Å². The molecule has 4 aromatic rings. The molecule has 1 aromatic heterocycles. The van der Waals surface area contributed by atoms with Gasteiger partial charge in [-0.1, -0.05) is 42.5 Å². The van der Waals surface area contributed by atoms with Crippen LogP contribution in [0.15, 0.2) is 80.7 Å². The van der Waals surface area contributed by atoms with E-state index in [9.17, 15) is 9.59 Å². The number of benzene rings is 3. The lowest BCUT2D eigenvalue weighted by Crippen LogP contribution is -2.27. The van der Waals surface area contributed by atoms with Gasteiger partial charge in [-0.3, -0.25) is 9.59 Å². The first-order valence-corrected chi connectivity index (χ1v) is 9.18. The van der Waals surface area contributed by atoms with Crippen LogP contribution in [0.1, 0.15) is 20.7 Å². The Morgan fingerprint density at radius 3 is 2.46 bits per heavy atom. The highest BCUT2D eigenvalue weighted by Crippen LogP contribution is 2.24. The van der Waals surface area contributed by atoms with Gasteiger partial charge in [0.25, 0.3) is 11.8 Å². The number of rotatable bonds is 3. The summed E-state index contributed by atoms with van der Waals surface area (Å²) in [5.74, 6) is -1.15. The Bertz CT molecular complexity index is 1310. The van der Waals surface area contributed by atoms with Crippen LogP contribution in [0.3, 0.4) is 0 Å². The van der Waals surface area contributed by atoms with Crippen molar-refractivity contribution in [2.45, 2.75) is 0 Å². The summed E-state index contributed by atoms with van der Waals surface area (Å²) < 4.78 is 6.41. The van der Waals surface area contributed by atoms with Gasteiger partial charge >= 0.3 is 0 Å². The third-order valence-corrected chi connectivity index (χ3v) is 4.99. The number of hydrogen-bond acceptors (Lipinski definition) is 4. The maximum Gasteiger partial charge on any atom is 0.272 e. The highest BCUT2D eigenvalue weighted by atomic mass is 79.9. The molecular weight excluding hydrogens is 422 g/mol. The van der Waals surface area contributed by atoms with Crippen molar-refractivity contribution in [2.75, 3.05) is 0 Å². The summed E-state index contributed by atoms with van der Waals surface area (Å²) in [7, 11) is 0. The van der Waals surface area contributed by atoms with Crippen molar-refractivity contribution in [3.8, 4) is 0 Å². The average Bonchev–Trinajstić information content (AvgIpc) is 2.71. The van der Waals surface area contributed by atoms with Crippen LogP contribution in [-0.2, 0) is 0 Å². The normalized spacial score (nSPS) is 11.7. The molecule has 28 heavy (non-hydrogen) atoms. The van der Waals surface area contributed by atoms with Gasteiger partial charge in [-0.25, -0.2) is 5.43 Å². The summed E-state index contributed by atoms with van der Waals surface area (Å²) in [6, 6.07) is 20.0. The zero-order valence-electron chi connectivity index (χ0n) is 14.5. The second-order valence-corrected chi connectivity index (χ2v) is 6.91. The molecule has 0 spiro atoms. The van der Waals surface area contributed by atoms with Crippen LogP contribution >= 0.6 is 15.9 Å². The zero-order chi connectivity index (χ0) is 19.7. The SMILES string of the molecule is NC(=O)c1cc2c(ccc3ccccc32)o/c1=N\NC(=O)c1ccccc1Br. The molecule has 0 bridgehead atoms. The van der Waals surface area contributed by atoms with E-state index in [2.05, 4.69) is 26.5 Å². The van der Waals surface area contributed by atoms with Gasteiger partial charge in [-0.05, 0) is 51.0 Å². The van der Waals surface area contributed by atoms with Crippen molar-refractivity contribution in [3.05, 3.63) is 87.9 Å². The third-order valence-electron chi connectivity index (χ3n) is 4.30. The lowest BCUT2D eigenvalue weighted by molar-refractivity contribution is 0.0945. The molecule has 0 aliphatic heterocycles. The molecule has 0 fully saturated rings. The van der Waals surface area contributed by atoms with Crippen LogP contribution in [0, 0.1) is 0 Å². The fourth-order valence-corrected chi connectivity index (χ4v) is 3.41. The monoisotopic (exact) mass is 435 g/mol. The van der Waals surface area contributed by atoms with E-state index in [4.69, 9.17) is 10.2 Å². The summed E-state index contributed by atoms with van der Waals surface area (Å²) in [5.41, 5.74) is 8.87. The first-order chi connectivity index (χ1) is 13.5. The number of carbonyl (C=O) groups is 2. The fourth-order valence-electron chi connectivity index (χ4n) is 2.95. The van der Waals surface area contributed by atoms with Gasteiger partial charge in [0.2, 0.25) is 5.55 Å². The second kappa shape index (κ2) is 7.28. The molecule has 0 radical (unpaired) electrons. The molecule has 0 aliphatic rings. The van der Waals surface area contributed by atoms with Crippen LogP contribution in [0.5, 0.6) is 0 Å². The first-order valence-electron chi connectivity index (χ1n) is 8.38. The molecule has 6 nitrogen and oxygen atoms in total. The largest absolute Gasteiger partial charge is 0.436 e. The maximum absolute atomic E-state index is 12.4. The quantitative estimate of drug-likeness (QED) is 0.379. The minimum absolute atomic E-state index is 0.0596. The van der Waals surface area contributed by atoms with Crippen molar-refractivity contribution in [2.24, 2.45) is 10.8 Å². The topological polar surface area (TPSA) is 97.7 Å². The highest BCUT2D eigenvalue weighted by molar-refractivity contribution is 9.10. The molecule has 3 N–H and O–H groups in total. The molecule has 2 amide bonds. The Morgan fingerprint density at radius 1 is 0.929 bits per heavy atom. The van der Waals surface area contributed by atoms with Gasteiger partial charge in [0.05, 0.1) is 5.56 Å². The van der Waals surface area contributed by atoms with E-state index in [1.165, 1.54) is 0 Å². The molecule has 0 saturated carbocycles. The molecule has 0 unspecified atom stereocenters. The van der Waals surface area contributed by atoms with Gasteiger partial charge in [0, 0.05) is 9.86 Å². The minimum atomic E-state index is -0.701. The van der Waals surface area contributed by atoms with Crippen molar-refractivity contribution < 1.29 is 14.0 Å². The number of primary amides is 1. The number of hydrogen-bond donors (Lipinski definition) is 2. The molecule has 138 valence electrons. The molecule has 0 atom stereocenters. The van der Waals surface area contributed by atoms with E-state index in [-0.39, 0.29) is 11.1 Å². The van der Waals surface area contributed by atoms with Crippen LogP contribution in [0.2, 0.25) is 0 Å². The number of nitrogens with two attached hydrogens (primary N) is 1. The Kier molecular flexibility index (Phi) is 4.67. The van der Waals surface area contributed by atoms with Gasteiger partial charge < -0.3 is 10.2 Å². The third kappa shape index (κ3) is 3.27. The fraction of sp³-hybridized carbons (Fsp3) is 0. The molecule has 0 aliphatic carbocycles. The van der Waals surface area contributed by atoms with Crippen molar-refractivity contribution >= 4 is 49.5 Å². The van der Waals surface area contributed by atoms with E-state index in [1.807, 2.05) is 30.3 Å². The maximum atomic E-state index is 12.4. The summed E-state index contributed by atoms with van der Waals surface area (Å²) in [6.45, 7) is 0. The van der Waals surface area contributed by atoms with E-state index in [0.29, 0.717) is 15.6 Å². The second-order valence-electron chi connectivity index (χ2n) is 6.06. The number of carbonyl (C=O) groups excluding carboxylic acids is 2.